The van der Waals surface area contributed by atoms with Crippen LogP contribution in [-0.2, 0) is 4.74 Å². The Morgan fingerprint density at radius 2 is 1.95 bits per heavy atom. The third kappa shape index (κ3) is 6.92. The van der Waals surface area contributed by atoms with Gasteiger partial charge >= 0.3 is 0 Å². The van der Waals surface area contributed by atoms with Crippen molar-refractivity contribution in [1.82, 2.24) is 5.32 Å². The maximum atomic E-state index is 9.84. The molecule has 0 amide bonds. The zero-order valence-corrected chi connectivity index (χ0v) is 13.0. The van der Waals surface area contributed by atoms with E-state index in [9.17, 15) is 5.11 Å². The van der Waals surface area contributed by atoms with E-state index >= 15 is 0 Å². The fourth-order valence-corrected chi connectivity index (χ4v) is 1.87. The van der Waals surface area contributed by atoms with Gasteiger partial charge < -0.3 is 19.9 Å². The average Bonchev–Trinajstić information content (AvgIpc) is 2.42. The summed E-state index contributed by atoms with van der Waals surface area (Å²) < 4.78 is 11.6. The molecule has 108 valence electrons. The molecule has 19 heavy (non-hydrogen) atoms. The van der Waals surface area contributed by atoms with Crippen LogP contribution in [0.4, 0.5) is 0 Å². The van der Waals surface area contributed by atoms with E-state index in [1.165, 1.54) is 0 Å². The smallest absolute Gasteiger partial charge is 0.119 e. The molecule has 1 aromatic rings. The number of halogens is 1. The number of nitrogens with one attached hydrogen (secondary N) is 1. The molecule has 0 aliphatic rings. The molecule has 0 aliphatic carbocycles. The minimum Gasteiger partial charge on any atom is -0.491 e. The summed E-state index contributed by atoms with van der Waals surface area (Å²) in [5, 5.41) is 13.1. The molecule has 1 rings (SSSR count). The SMILES string of the molecule is CCC(COC)NCC(O)COc1ccc(Br)cc1. The van der Waals surface area contributed by atoms with E-state index < -0.39 is 6.10 Å². The molecular weight excluding hydrogens is 310 g/mol. The van der Waals surface area contributed by atoms with E-state index in [4.69, 9.17) is 9.47 Å². The van der Waals surface area contributed by atoms with Gasteiger partial charge in [0.15, 0.2) is 0 Å². The lowest BCUT2D eigenvalue weighted by molar-refractivity contribution is 0.0953. The van der Waals surface area contributed by atoms with Gasteiger partial charge in [-0.2, -0.15) is 0 Å². The molecule has 0 heterocycles. The molecule has 2 N–H and O–H groups in total. The zero-order valence-electron chi connectivity index (χ0n) is 11.4. The predicted molar refractivity (Wildman–Crippen MR) is 79.6 cm³/mol. The van der Waals surface area contributed by atoms with Crippen molar-refractivity contribution in [2.45, 2.75) is 25.5 Å². The Morgan fingerprint density at radius 1 is 1.26 bits per heavy atom. The number of methoxy groups -OCH3 is 1. The molecule has 4 nitrogen and oxygen atoms in total. The summed E-state index contributed by atoms with van der Waals surface area (Å²) in [4.78, 5) is 0. The van der Waals surface area contributed by atoms with Crippen molar-refractivity contribution >= 4 is 15.9 Å². The van der Waals surface area contributed by atoms with Crippen LogP contribution in [0.15, 0.2) is 28.7 Å². The molecule has 5 heteroatoms. The molecule has 0 aliphatic heterocycles. The Kier molecular flexibility index (Phi) is 8.05. The number of hydrogen-bond acceptors (Lipinski definition) is 4. The van der Waals surface area contributed by atoms with Crippen LogP contribution in [0.1, 0.15) is 13.3 Å². The summed E-state index contributed by atoms with van der Waals surface area (Å²) in [5.41, 5.74) is 0. The van der Waals surface area contributed by atoms with Crippen molar-refractivity contribution in [2.24, 2.45) is 0 Å². The maximum Gasteiger partial charge on any atom is 0.119 e. The second-order valence-corrected chi connectivity index (χ2v) is 5.30. The lowest BCUT2D eigenvalue weighted by Gasteiger charge is -2.19. The van der Waals surface area contributed by atoms with Gasteiger partial charge in [0.1, 0.15) is 18.5 Å². The Morgan fingerprint density at radius 3 is 2.53 bits per heavy atom. The van der Waals surface area contributed by atoms with Crippen molar-refractivity contribution in [3.8, 4) is 5.75 Å². The fourth-order valence-electron chi connectivity index (χ4n) is 1.61. The highest BCUT2D eigenvalue weighted by molar-refractivity contribution is 9.10. The van der Waals surface area contributed by atoms with E-state index in [1.807, 2.05) is 24.3 Å². The lowest BCUT2D eigenvalue weighted by Crippen LogP contribution is -2.39. The van der Waals surface area contributed by atoms with Crippen LogP contribution in [0.5, 0.6) is 5.75 Å². The number of aliphatic hydroxyl groups excluding tert-OH is 1. The Balaban J connectivity index is 2.23. The normalized spacial score (nSPS) is 14.1. The van der Waals surface area contributed by atoms with Crippen LogP contribution in [0.25, 0.3) is 0 Å². The highest BCUT2D eigenvalue weighted by Crippen LogP contribution is 2.16. The molecule has 0 bridgehead atoms. The molecule has 0 fully saturated rings. The number of aliphatic hydroxyl groups is 1. The van der Waals surface area contributed by atoms with Crippen LogP contribution in [0, 0.1) is 0 Å². The molecule has 0 saturated heterocycles. The molecule has 1 aromatic carbocycles. The van der Waals surface area contributed by atoms with Gasteiger partial charge in [-0.15, -0.1) is 0 Å². The number of ether oxygens (including phenoxy) is 2. The molecule has 0 saturated carbocycles. The zero-order chi connectivity index (χ0) is 14.1. The van der Waals surface area contributed by atoms with Crippen molar-refractivity contribution in [3.63, 3.8) is 0 Å². The van der Waals surface area contributed by atoms with Crippen LogP contribution >= 0.6 is 15.9 Å². The third-order valence-electron chi connectivity index (χ3n) is 2.76. The summed E-state index contributed by atoms with van der Waals surface area (Å²) in [7, 11) is 1.68. The highest BCUT2D eigenvalue weighted by Gasteiger charge is 2.09. The highest BCUT2D eigenvalue weighted by atomic mass is 79.9. The standard InChI is InChI=1S/C14H22BrNO3/c1-3-12(9-18-2)16-8-13(17)10-19-14-6-4-11(15)5-7-14/h4-7,12-13,16-17H,3,8-10H2,1-2H3. The minimum atomic E-state index is -0.533. The first-order chi connectivity index (χ1) is 9.15. The predicted octanol–water partition coefficient (Wildman–Crippen LogP) is 2.20. The summed E-state index contributed by atoms with van der Waals surface area (Å²) in [6, 6.07) is 7.82. The molecule has 0 spiro atoms. The van der Waals surface area contributed by atoms with Gasteiger partial charge in [0, 0.05) is 24.2 Å². The summed E-state index contributed by atoms with van der Waals surface area (Å²) >= 11 is 3.36. The van der Waals surface area contributed by atoms with Gasteiger partial charge in [0.25, 0.3) is 0 Å². The fraction of sp³-hybridized carbons (Fsp3) is 0.571. The first-order valence-corrected chi connectivity index (χ1v) is 7.23. The second-order valence-electron chi connectivity index (χ2n) is 4.39. The largest absolute Gasteiger partial charge is 0.491 e. The van der Waals surface area contributed by atoms with Crippen LogP contribution in [-0.4, -0.2) is 44.1 Å². The Labute approximate surface area is 123 Å². The van der Waals surface area contributed by atoms with Crippen LogP contribution in [0.3, 0.4) is 0 Å². The monoisotopic (exact) mass is 331 g/mol. The molecule has 2 unspecified atom stereocenters. The van der Waals surface area contributed by atoms with Crippen LogP contribution in [0.2, 0.25) is 0 Å². The van der Waals surface area contributed by atoms with E-state index in [0.29, 0.717) is 13.2 Å². The number of rotatable bonds is 9. The van der Waals surface area contributed by atoms with E-state index in [1.54, 1.807) is 7.11 Å². The van der Waals surface area contributed by atoms with Crippen molar-refractivity contribution in [3.05, 3.63) is 28.7 Å². The summed E-state index contributed by atoms with van der Waals surface area (Å²) in [6.45, 7) is 3.51. The quantitative estimate of drug-likeness (QED) is 0.728. The number of benzene rings is 1. The number of hydrogen-bond donors (Lipinski definition) is 2. The third-order valence-corrected chi connectivity index (χ3v) is 3.29. The van der Waals surface area contributed by atoms with E-state index in [2.05, 4.69) is 28.2 Å². The topological polar surface area (TPSA) is 50.7 Å². The summed E-state index contributed by atoms with van der Waals surface area (Å²) in [6.07, 6.45) is 0.434. The van der Waals surface area contributed by atoms with Crippen molar-refractivity contribution in [2.75, 3.05) is 26.9 Å². The molecule has 0 radical (unpaired) electrons. The van der Waals surface area contributed by atoms with Gasteiger partial charge in [-0.3, -0.25) is 0 Å². The second kappa shape index (κ2) is 9.31. The average molecular weight is 332 g/mol. The van der Waals surface area contributed by atoms with Crippen molar-refractivity contribution < 1.29 is 14.6 Å². The van der Waals surface area contributed by atoms with Crippen molar-refractivity contribution in [1.29, 1.82) is 0 Å². The first kappa shape index (κ1) is 16.4. The van der Waals surface area contributed by atoms with Gasteiger partial charge in [0.05, 0.1) is 6.61 Å². The maximum absolute atomic E-state index is 9.84. The van der Waals surface area contributed by atoms with E-state index in [-0.39, 0.29) is 12.6 Å². The van der Waals surface area contributed by atoms with E-state index in [0.717, 1.165) is 16.6 Å². The summed E-state index contributed by atoms with van der Waals surface area (Å²) in [5.74, 6) is 0.756. The van der Waals surface area contributed by atoms with Gasteiger partial charge in [-0.05, 0) is 30.7 Å². The minimum absolute atomic E-state index is 0.271. The first-order valence-electron chi connectivity index (χ1n) is 6.44. The van der Waals surface area contributed by atoms with Gasteiger partial charge in [0.2, 0.25) is 0 Å². The molecular formula is C14H22BrNO3. The molecule has 0 aromatic heterocycles. The Hall–Kier alpha value is -0.620. The van der Waals surface area contributed by atoms with Gasteiger partial charge in [-0.25, -0.2) is 0 Å². The molecule has 2 atom stereocenters. The van der Waals surface area contributed by atoms with Gasteiger partial charge in [-0.1, -0.05) is 22.9 Å². The van der Waals surface area contributed by atoms with Crippen LogP contribution < -0.4 is 10.1 Å². The lowest BCUT2D eigenvalue weighted by atomic mass is 10.2. The Bertz CT molecular complexity index is 345.